The summed E-state index contributed by atoms with van der Waals surface area (Å²) in [6.07, 6.45) is -8.88. The molecule has 0 bridgehead atoms. The Morgan fingerprint density at radius 3 is 2.22 bits per heavy atom. The van der Waals surface area contributed by atoms with Crippen LogP contribution < -0.4 is 5.32 Å². The lowest BCUT2D eigenvalue weighted by Gasteiger charge is -2.33. The molecular formula is C21H20F8N4O3. The van der Waals surface area contributed by atoms with E-state index in [1.54, 1.807) is 4.90 Å². The largest absolute Gasteiger partial charge is 0.490 e. The van der Waals surface area contributed by atoms with Crippen LogP contribution in [-0.4, -0.2) is 57.9 Å². The second kappa shape index (κ2) is 10.4. The molecule has 1 saturated heterocycles. The predicted molar refractivity (Wildman–Crippen MR) is 107 cm³/mol. The van der Waals surface area contributed by atoms with E-state index in [1.165, 1.54) is 0 Å². The van der Waals surface area contributed by atoms with E-state index in [1.807, 2.05) is 0 Å². The molecule has 3 N–H and O–H groups in total. The number of carboxylic acids is 1. The third-order valence-electron chi connectivity index (χ3n) is 5.88. The van der Waals surface area contributed by atoms with Gasteiger partial charge in [0.05, 0.1) is 5.56 Å². The number of piperidine rings is 1. The maximum absolute atomic E-state index is 13.9. The SMILES string of the molecule is O=C(O)C(F)(F)F.O=C(c1n[nH]c2c1CNCC2)N1CCC(c2ccc(F)c(F)c2C(F)(F)F)CC1. The van der Waals surface area contributed by atoms with Crippen LogP contribution in [0, 0.1) is 11.6 Å². The quantitative estimate of drug-likeness (QED) is 0.512. The van der Waals surface area contributed by atoms with Crippen molar-refractivity contribution in [2.75, 3.05) is 19.6 Å². The summed E-state index contributed by atoms with van der Waals surface area (Å²) in [5.74, 6) is -7.03. The molecule has 0 radical (unpaired) electrons. The Morgan fingerprint density at radius 1 is 1.06 bits per heavy atom. The van der Waals surface area contributed by atoms with E-state index in [2.05, 4.69) is 15.5 Å². The first kappa shape index (κ1) is 27.4. The second-order valence-electron chi connectivity index (χ2n) is 8.15. The number of rotatable bonds is 2. The summed E-state index contributed by atoms with van der Waals surface area (Å²) in [5.41, 5.74) is 0.260. The van der Waals surface area contributed by atoms with Crippen LogP contribution in [0.2, 0.25) is 0 Å². The van der Waals surface area contributed by atoms with Crippen molar-refractivity contribution in [1.82, 2.24) is 20.4 Å². The highest BCUT2D eigenvalue weighted by molar-refractivity contribution is 5.94. The van der Waals surface area contributed by atoms with Gasteiger partial charge in [-0.25, -0.2) is 13.6 Å². The topological polar surface area (TPSA) is 98.3 Å². The first-order valence-corrected chi connectivity index (χ1v) is 10.6. The number of nitrogens with one attached hydrogen (secondary N) is 2. The van der Waals surface area contributed by atoms with Crippen molar-refractivity contribution in [2.24, 2.45) is 0 Å². The van der Waals surface area contributed by atoms with Gasteiger partial charge in [0.25, 0.3) is 5.91 Å². The molecule has 15 heteroatoms. The molecule has 0 atom stereocenters. The molecule has 0 aliphatic carbocycles. The van der Waals surface area contributed by atoms with Crippen LogP contribution in [0.25, 0.3) is 0 Å². The molecule has 0 unspecified atom stereocenters. The molecule has 2 aromatic rings. The van der Waals surface area contributed by atoms with Gasteiger partial charge in [-0.3, -0.25) is 9.89 Å². The number of carbonyl (C=O) groups excluding carboxylic acids is 1. The van der Waals surface area contributed by atoms with Gasteiger partial charge >= 0.3 is 18.3 Å². The lowest BCUT2D eigenvalue weighted by molar-refractivity contribution is -0.192. The Hall–Kier alpha value is -3.23. The maximum Gasteiger partial charge on any atom is 0.490 e. The predicted octanol–water partition coefficient (Wildman–Crippen LogP) is 4.01. The minimum Gasteiger partial charge on any atom is -0.475 e. The number of fused-ring (bicyclic) bond motifs is 1. The number of aromatic amines is 1. The number of nitrogens with zero attached hydrogens (tertiary/aromatic N) is 2. The van der Waals surface area contributed by atoms with Gasteiger partial charge in [-0.2, -0.15) is 31.4 Å². The monoisotopic (exact) mass is 528 g/mol. The number of aromatic nitrogens is 2. The molecule has 1 aromatic heterocycles. The van der Waals surface area contributed by atoms with Crippen molar-refractivity contribution in [1.29, 1.82) is 0 Å². The Balaban J connectivity index is 0.000000454. The van der Waals surface area contributed by atoms with Gasteiger partial charge in [-0.15, -0.1) is 0 Å². The van der Waals surface area contributed by atoms with Crippen molar-refractivity contribution in [3.8, 4) is 0 Å². The number of benzene rings is 1. The van der Waals surface area contributed by atoms with Gasteiger partial charge in [-0.05, 0) is 30.4 Å². The smallest absolute Gasteiger partial charge is 0.475 e. The fourth-order valence-corrected chi connectivity index (χ4v) is 4.14. The van der Waals surface area contributed by atoms with Gasteiger partial charge in [0.1, 0.15) is 0 Å². The summed E-state index contributed by atoms with van der Waals surface area (Å²) in [6.45, 7) is 1.76. The van der Waals surface area contributed by atoms with E-state index in [9.17, 15) is 39.9 Å². The molecule has 4 rings (SSSR count). The third-order valence-corrected chi connectivity index (χ3v) is 5.88. The van der Waals surface area contributed by atoms with Crippen LogP contribution in [0.3, 0.4) is 0 Å². The van der Waals surface area contributed by atoms with E-state index >= 15 is 0 Å². The highest BCUT2D eigenvalue weighted by Crippen LogP contribution is 2.41. The average Bonchev–Trinajstić information content (AvgIpc) is 3.23. The third kappa shape index (κ3) is 5.94. The number of hydrogen-bond acceptors (Lipinski definition) is 4. The summed E-state index contributed by atoms with van der Waals surface area (Å²) < 4.78 is 98.9. The van der Waals surface area contributed by atoms with Crippen molar-refractivity contribution >= 4 is 11.9 Å². The Labute approximate surface area is 198 Å². The molecule has 3 heterocycles. The van der Waals surface area contributed by atoms with E-state index in [4.69, 9.17) is 9.90 Å². The number of carboxylic acid groups (broad SMARTS) is 1. The van der Waals surface area contributed by atoms with Crippen molar-refractivity contribution in [3.05, 3.63) is 51.8 Å². The van der Waals surface area contributed by atoms with E-state index in [0.717, 1.165) is 36.4 Å². The van der Waals surface area contributed by atoms with Crippen molar-refractivity contribution < 1.29 is 49.8 Å². The number of hydrogen-bond donors (Lipinski definition) is 3. The highest BCUT2D eigenvalue weighted by atomic mass is 19.4. The first-order chi connectivity index (χ1) is 16.7. The molecule has 2 aliphatic heterocycles. The zero-order valence-electron chi connectivity index (χ0n) is 18.4. The first-order valence-electron chi connectivity index (χ1n) is 10.6. The Bertz CT molecular complexity index is 1120. The molecular weight excluding hydrogens is 508 g/mol. The lowest BCUT2D eigenvalue weighted by Crippen LogP contribution is -2.39. The zero-order chi connectivity index (χ0) is 26.8. The summed E-state index contributed by atoms with van der Waals surface area (Å²) in [7, 11) is 0. The average molecular weight is 528 g/mol. The standard InChI is InChI=1S/C19H19F5N4O.C2HF3O2/c20-13-2-1-11(15(16(13)21)19(22,23)24)10-4-7-28(8-5-10)18(29)17-12-9-25-6-3-14(12)26-27-17;3-2(4,5)1(6)7/h1-2,10,25H,3-9H2,(H,26,27);(H,6,7). The highest BCUT2D eigenvalue weighted by Gasteiger charge is 2.41. The van der Waals surface area contributed by atoms with Crippen molar-refractivity contribution in [2.45, 2.75) is 44.1 Å². The summed E-state index contributed by atoms with van der Waals surface area (Å²) >= 11 is 0. The molecule has 1 amide bonds. The lowest BCUT2D eigenvalue weighted by atomic mass is 9.85. The Morgan fingerprint density at radius 2 is 1.67 bits per heavy atom. The van der Waals surface area contributed by atoms with Crippen LogP contribution in [0.5, 0.6) is 0 Å². The normalized spacial score (nSPS) is 16.7. The van der Waals surface area contributed by atoms with Crippen LogP contribution in [0.4, 0.5) is 35.1 Å². The van der Waals surface area contributed by atoms with Gasteiger partial charge in [0.15, 0.2) is 17.3 Å². The molecule has 0 spiro atoms. The minimum atomic E-state index is -5.08. The number of H-pyrrole nitrogens is 1. The summed E-state index contributed by atoms with van der Waals surface area (Å²) in [6, 6.07) is 1.72. The van der Waals surface area contributed by atoms with Gasteiger partial charge < -0.3 is 15.3 Å². The molecule has 1 fully saturated rings. The maximum atomic E-state index is 13.9. The molecule has 2 aliphatic rings. The summed E-state index contributed by atoms with van der Waals surface area (Å²) in [4.78, 5) is 23.3. The number of carbonyl (C=O) groups is 2. The number of aliphatic carboxylic acids is 1. The fourth-order valence-electron chi connectivity index (χ4n) is 4.14. The minimum absolute atomic E-state index is 0.217. The van der Waals surface area contributed by atoms with Gasteiger partial charge in [-0.1, -0.05) is 6.07 Å². The number of likely N-dealkylation sites (tertiary alicyclic amines) is 1. The van der Waals surface area contributed by atoms with Crippen LogP contribution in [0.15, 0.2) is 12.1 Å². The number of alkyl halides is 6. The van der Waals surface area contributed by atoms with Crippen molar-refractivity contribution in [3.63, 3.8) is 0 Å². The van der Waals surface area contributed by atoms with E-state index in [0.29, 0.717) is 12.2 Å². The van der Waals surface area contributed by atoms with Crippen LogP contribution in [-0.2, 0) is 23.9 Å². The molecule has 198 valence electrons. The second-order valence-corrected chi connectivity index (χ2v) is 8.15. The number of halogens is 8. The number of amides is 1. The molecule has 36 heavy (non-hydrogen) atoms. The van der Waals surface area contributed by atoms with Crippen LogP contribution >= 0.6 is 0 Å². The Kier molecular flexibility index (Phi) is 7.91. The van der Waals surface area contributed by atoms with Gasteiger partial charge in [0, 0.05) is 43.9 Å². The van der Waals surface area contributed by atoms with Crippen LogP contribution in [0.1, 0.15) is 51.6 Å². The molecule has 0 saturated carbocycles. The summed E-state index contributed by atoms with van der Waals surface area (Å²) in [5, 5.41) is 17.3. The van der Waals surface area contributed by atoms with Gasteiger partial charge in [0.2, 0.25) is 0 Å². The fraction of sp³-hybridized carbons (Fsp3) is 0.476. The van der Waals surface area contributed by atoms with E-state index < -0.39 is 41.4 Å². The van der Waals surface area contributed by atoms with E-state index in [-0.39, 0.29) is 37.4 Å². The molecule has 7 nitrogen and oxygen atoms in total. The zero-order valence-corrected chi connectivity index (χ0v) is 18.4. The molecule has 1 aromatic carbocycles.